The molecule has 0 bridgehead atoms. The third-order valence-electron chi connectivity index (χ3n) is 7.23. The van der Waals surface area contributed by atoms with Crippen molar-refractivity contribution in [1.29, 1.82) is 0 Å². The van der Waals surface area contributed by atoms with Crippen molar-refractivity contribution < 1.29 is 0 Å². The molecule has 0 amide bonds. The summed E-state index contributed by atoms with van der Waals surface area (Å²) in [6.45, 7) is 3.83. The Hall–Kier alpha value is -2.95. The van der Waals surface area contributed by atoms with Gasteiger partial charge in [0.05, 0.1) is 0 Å². The molecule has 35 heavy (non-hydrogen) atoms. The third-order valence-corrected chi connectivity index (χ3v) is 12.3. The minimum absolute atomic E-state index is 1.05. The van der Waals surface area contributed by atoms with Crippen LogP contribution in [0, 0.1) is 0 Å². The van der Waals surface area contributed by atoms with Gasteiger partial charge in [0.2, 0.25) is 0 Å². The monoisotopic (exact) mass is 478 g/mol. The van der Waals surface area contributed by atoms with E-state index in [0.29, 0.717) is 0 Å². The Morgan fingerprint density at radius 2 is 0.914 bits per heavy atom. The van der Waals surface area contributed by atoms with Gasteiger partial charge in [0.1, 0.15) is 0 Å². The fourth-order valence-electron chi connectivity index (χ4n) is 5.32. The van der Waals surface area contributed by atoms with E-state index in [0.717, 1.165) is 12.8 Å². The summed E-state index contributed by atoms with van der Waals surface area (Å²) >= 11 is 0. The van der Waals surface area contributed by atoms with Gasteiger partial charge in [0.15, 0.2) is 0 Å². The molecule has 0 fully saturated rings. The average Bonchev–Trinajstić information content (AvgIpc) is 2.94. The fraction of sp³-hybridized carbons (Fsp3) is 0.235. The number of rotatable bonds is 13. The molecule has 0 saturated carbocycles. The van der Waals surface area contributed by atoms with Crippen molar-refractivity contribution in [3.63, 3.8) is 0 Å². The Kier molecular flexibility index (Phi) is 9.50. The van der Waals surface area contributed by atoms with Crippen LogP contribution in [0.25, 0.3) is 0 Å². The van der Waals surface area contributed by atoms with E-state index in [4.69, 9.17) is 0 Å². The summed E-state index contributed by atoms with van der Waals surface area (Å²) in [4.78, 5) is 0. The maximum absolute atomic E-state index is 3.83. The van der Waals surface area contributed by atoms with Crippen LogP contribution in [-0.4, -0.2) is 6.16 Å². The number of unbranched alkanes of at least 4 members (excludes halogenated alkanes) is 3. The molecule has 0 spiro atoms. The Morgan fingerprint density at radius 1 is 0.486 bits per heavy atom. The van der Waals surface area contributed by atoms with E-state index in [1.54, 1.807) is 0 Å². The molecule has 0 nitrogen and oxygen atoms in total. The van der Waals surface area contributed by atoms with Gasteiger partial charge in [0, 0.05) is 0 Å². The SMILES string of the molecule is C=CCCc1ccc(CCCCCC[PH](c2ccccc2)(c2ccccc2)c2ccccc2)cc1. The van der Waals surface area contributed by atoms with Crippen molar-refractivity contribution in [1.82, 2.24) is 0 Å². The summed E-state index contributed by atoms with van der Waals surface area (Å²) in [5, 5.41) is 4.57. The molecule has 0 aliphatic heterocycles. The Morgan fingerprint density at radius 3 is 1.37 bits per heavy atom. The zero-order valence-electron chi connectivity index (χ0n) is 20.9. The number of hydrogen-bond acceptors (Lipinski definition) is 0. The predicted octanol–water partition coefficient (Wildman–Crippen LogP) is 7.63. The summed E-state index contributed by atoms with van der Waals surface area (Å²) < 4.78 is 0. The molecular weight excluding hydrogens is 439 g/mol. The van der Waals surface area contributed by atoms with E-state index < -0.39 is 7.26 Å². The average molecular weight is 479 g/mol. The first-order valence-electron chi connectivity index (χ1n) is 13.2. The number of aryl methyl sites for hydroxylation is 2. The normalized spacial score (nSPS) is 11.8. The zero-order chi connectivity index (χ0) is 24.2. The number of hydrogen-bond donors (Lipinski definition) is 0. The van der Waals surface area contributed by atoms with Crippen LogP contribution in [0.4, 0.5) is 0 Å². The Bertz CT molecular complexity index is 1030. The predicted molar refractivity (Wildman–Crippen MR) is 159 cm³/mol. The molecule has 0 radical (unpaired) electrons. The van der Waals surface area contributed by atoms with Gasteiger partial charge in [-0.3, -0.25) is 0 Å². The van der Waals surface area contributed by atoms with Gasteiger partial charge in [-0.1, -0.05) is 6.08 Å². The first kappa shape index (κ1) is 25.2. The second-order valence-corrected chi connectivity index (χ2v) is 13.6. The second kappa shape index (κ2) is 13.2. The van der Waals surface area contributed by atoms with Gasteiger partial charge < -0.3 is 0 Å². The Labute approximate surface area is 213 Å². The van der Waals surface area contributed by atoms with Crippen LogP contribution in [0.2, 0.25) is 0 Å². The van der Waals surface area contributed by atoms with Crippen molar-refractivity contribution in [2.75, 3.05) is 6.16 Å². The van der Waals surface area contributed by atoms with Crippen LogP contribution in [-0.2, 0) is 12.8 Å². The quantitative estimate of drug-likeness (QED) is 0.105. The van der Waals surface area contributed by atoms with Crippen molar-refractivity contribution in [2.45, 2.75) is 44.9 Å². The maximum atomic E-state index is 3.83. The molecule has 4 aromatic carbocycles. The summed E-state index contributed by atoms with van der Waals surface area (Å²) in [7, 11) is -2.07. The van der Waals surface area contributed by atoms with E-state index in [1.165, 1.54) is 65.3 Å². The van der Waals surface area contributed by atoms with Gasteiger partial charge in [-0.2, -0.15) is 0 Å². The van der Waals surface area contributed by atoms with Crippen LogP contribution >= 0.6 is 7.26 Å². The number of benzene rings is 4. The van der Waals surface area contributed by atoms with Crippen LogP contribution in [0.15, 0.2) is 128 Å². The molecule has 1 heteroatoms. The molecule has 4 aromatic rings. The van der Waals surface area contributed by atoms with Crippen LogP contribution in [0.5, 0.6) is 0 Å². The van der Waals surface area contributed by atoms with Crippen molar-refractivity contribution in [3.05, 3.63) is 139 Å². The van der Waals surface area contributed by atoms with Crippen molar-refractivity contribution in [2.24, 2.45) is 0 Å². The molecule has 0 atom stereocenters. The van der Waals surface area contributed by atoms with E-state index in [-0.39, 0.29) is 0 Å². The second-order valence-electron chi connectivity index (χ2n) is 9.56. The summed E-state index contributed by atoms with van der Waals surface area (Å²) in [6, 6.07) is 43.1. The minimum atomic E-state index is -2.07. The molecule has 0 saturated heterocycles. The van der Waals surface area contributed by atoms with E-state index in [9.17, 15) is 0 Å². The zero-order valence-corrected chi connectivity index (χ0v) is 21.9. The van der Waals surface area contributed by atoms with E-state index >= 15 is 0 Å². The molecule has 0 aliphatic carbocycles. The van der Waals surface area contributed by atoms with Gasteiger partial charge in [-0.25, -0.2) is 0 Å². The molecule has 0 unspecified atom stereocenters. The molecule has 0 aliphatic rings. The first-order chi connectivity index (χ1) is 17.3. The van der Waals surface area contributed by atoms with Crippen molar-refractivity contribution in [3.8, 4) is 0 Å². The fourth-order valence-corrected chi connectivity index (χ4v) is 10.2. The standard InChI is InChI=1S/C34H39P/c1-2-3-17-30-25-27-31(28-26-30)18-9-4-5-16-29-35(32-19-10-6-11-20-32,33-21-12-7-13-22-33)34-23-14-8-15-24-34/h2,6-8,10-15,19-28,35H,1,3-5,9,16-18,29H2. The summed E-state index contributed by atoms with van der Waals surface area (Å²) in [6.07, 6.45) is 11.7. The van der Waals surface area contributed by atoms with Gasteiger partial charge in [-0.15, -0.1) is 6.58 Å². The topological polar surface area (TPSA) is 0 Å². The van der Waals surface area contributed by atoms with Crippen molar-refractivity contribution >= 4 is 23.2 Å². The van der Waals surface area contributed by atoms with Gasteiger partial charge >= 0.3 is 201 Å². The molecule has 0 heterocycles. The molecule has 0 aromatic heterocycles. The molecule has 0 N–H and O–H groups in total. The summed E-state index contributed by atoms with van der Waals surface area (Å²) in [5.74, 6) is 0. The van der Waals surface area contributed by atoms with Crippen LogP contribution < -0.4 is 15.9 Å². The molecule has 4 rings (SSSR count). The third kappa shape index (κ3) is 6.59. The van der Waals surface area contributed by atoms with E-state index in [2.05, 4.69) is 122 Å². The van der Waals surface area contributed by atoms with Crippen LogP contribution in [0.3, 0.4) is 0 Å². The van der Waals surface area contributed by atoms with Gasteiger partial charge in [-0.05, 0) is 0 Å². The summed E-state index contributed by atoms with van der Waals surface area (Å²) in [5.41, 5.74) is 2.88. The first-order valence-corrected chi connectivity index (χ1v) is 15.4. The molecule has 180 valence electrons. The van der Waals surface area contributed by atoms with Gasteiger partial charge in [0.25, 0.3) is 0 Å². The van der Waals surface area contributed by atoms with Crippen LogP contribution in [0.1, 0.15) is 43.2 Å². The van der Waals surface area contributed by atoms with E-state index in [1.807, 2.05) is 6.08 Å². The number of allylic oxidation sites excluding steroid dienone is 1. The Balaban J connectivity index is 1.42. The molecular formula is C34H39P.